The van der Waals surface area contributed by atoms with Crippen molar-refractivity contribution in [2.24, 2.45) is 0 Å². The number of benzene rings is 2. The van der Waals surface area contributed by atoms with Gasteiger partial charge in [-0.25, -0.2) is 4.79 Å². The molecule has 0 N–H and O–H groups in total. The van der Waals surface area contributed by atoms with Crippen molar-refractivity contribution in [3.63, 3.8) is 0 Å². The molecular formula is C22H28N2O3. The number of nitrogens with zero attached hydrogens (tertiary/aromatic N) is 2. The van der Waals surface area contributed by atoms with Gasteiger partial charge < -0.3 is 14.8 Å². The molecule has 5 nitrogen and oxygen atoms in total. The van der Waals surface area contributed by atoms with Crippen LogP contribution in [0.5, 0.6) is 0 Å². The van der Waals surface area contributed by atoms with Gasteiger partial charge in [-0.15, -0.1) is 0 Å². The SMILES string of the molecule is CCCCOC(=O)c1ccc(/[N+]([O-])=C/c2ccc(N(CC)CC)cc2)cc1. The maximum atomic E-state index is 12.4. The average molecular weight is 368 g/mol. The molecule has 0 saturated heterocycles. The van der Waals surface area contributed by atoms with E-state index < -0.39 is 0 Å². The van der Waals surface area contributed by atoms with Gasteiger partial charge in [0.15, 0.2) is 6.21 Å². The van der Waals surface area contributed by atoms with E-state index in [0.717, 1.165) is 41.9 Å². The fraction of sp³-hybridized carbons (Fsp3) is 0.364. The van der Waals surface area contributed by atoms with Crippen molar-refractivity contribution in [1.82, 2.24) is 0 Å². The lowest BCUT2D eigenvalue weighted by Crippen LogP contribution is -2.21. The third-order valence-corrected chi connectivity index (χ3v) is 4.38. The minimum atomic E-state index is -0.358. The summed E-state index contributed by atoms with van der Waals surface area (Å²) in [7, 11) is 0. The van der Waals surface area contributed by atoms with Gasteiger partial charge in [-0.3, -0.25) is 0 Å². The van der Waals surface area contributed by atoms with Crippen LogP contribution in [0.25, 0.3) is 0 Å². The maximum Gasteiger partial charge on any atom is 0.338 e. The lowest BCUT2D eigenvalue weighted by molar-refractivity contribution is -0.354. The first-order chi connectivity index (χ1) is 13.1. The molecule has 0 fully saturated rings. The molecule has 0 radical (unpaired) electrons. The average Bonchev–Trinajstić information content (AvgIpc) is 2.70. The van der Waals surface area contributed by atoms with E-state index in [4.69, 9.17) is 4.74 Å². The van der Waals surface area contributed by atoms with Crippen LogP contribution in [0.3, 0.4) is 0 Å². The normalized spacial score (nSPS) is 11.3. The molecule has 0 atom stereocenters. The van der Waals surface area contributed by atoms with Crippen molar-refractivity contribution in [3.05, 3.63) is 64.9 Å². The van der Waals surface area contributed by atoms with Gasteiger partial charge in [0, 0.05) is 36.5 Å². The standard InChI is InChI=1S/C22H28N2O3/c1-4-7-16-27-22(25)19-10-14-21(15-11-19)24(26)17-18-8-12-20(13-9-18)23(5-2)6-3/h8-15,17H,4-7,16H2,1-3H3/b24-17-. The van der Waals surface area contributed by atoms with Crippen molar-refractivity contribution >= 4 is 23.6 Å². The highest BCUT2D eigenvalue weighted by Gasteiger charge is 2.09. The van der Waals surface area contributed by atoms with Gasteiger partial charge in [-0.2, -0.15) is 4.74 Å². The fourth-order valence-corrected chi connectivity index (χ4v) is 2.71. The predicted octanol–water partition coefficient (Wildman–Crippen LogP) is 4.75. The van der Waals surface area contributed by atoms with E-state index in [1.807, 2.05) is 31.2 Å². The van der Waals surface area contributed by atoms with Crippen LogP contribution < -0.4 is 4.90 Å². The third-order valence-electron chi connectivity index (χ3n) is 4.38. The molecule has 0 spiro atoms. The Kier molecular flexibility index (Phi) is 7.86. The van der Waals surface area contributed by atoms with Gasteiger partial charge in [0.25, 0.3) is 0 Å². The molecule has 0 aliphatic heterocycles. The van der Waals surface area contributed by atoms with Crippen LogP contribution >= 0.6 is 0 Å². The summed E-state index contributed by atoms with van der Waals surface area (Å²) in [5.74, 6) is -0.358. The number of ether oxygens (including phenoxy) is 1. The van der Waals surface area contributed by atoms with Gasteiger partial charge >= 0.3 is 5.97 Å². The molecule has 0 aliphatic rings. The van der Waals surface area contributed by atoms with Crippen molar-refractivity contribution in [1.29, 1.82) is 0 Å². The maximum absolute atomic E-state index is 12.4. The van der Waals surface area contributed by atoms with Gasteiger partial charge in [0.05, 0.1) is 12.2 Å². The number of esters is 1. The first-order valence-electron chi connectivity index (χ1n) is 9.52. The lowest BCUT2D eigenvalue weighted by Gasteiger charge is -2.20. The molecular weight excluding hydrogens is 340 g/mol. The van der Waals surface area contributed by atoms with E-state index in [9.17, 15) is 10.0 Å². The largest absolute Gasteiger partial charge is 0.618 e. The molecule has 27 heavy (non-hydrogen) atoms. The third kappa shape index (κ3) is 5.84. The molecule has 0 unspecified atom stereocenters. The second-order valence-electron chi connectivity index (χ2n) is 6.26. The number of hydrogen-bond acceptors (Lipinski definition) is 4. The van der Waals surface area contributed by atoms with Crippen molar-refractivity contribution in [3.8, 4) is 0 Å². The Morgan fingerprint density at radius 3 is 2.22 bits per heavy atom. The Balaban J connectivity index is 2.06. The monoisotopic (exact) mass is 368 g/mol. The molecule has 0 bridgehead atoms. The van der Waals surface area contributed by atoms with Gasteiger partial charge in [-0.1, -0.05) is 13.3 Å². The van der Waals surface area contributed by atoms with Gasteiger partial charge in [-0.05, 0) is 56.7 Å². The van der Waals surface area contributed by atoms with E-state index in [-0.39, 0.29) is 5.97 Å². The summed E-state index contributed by atoms with van der Waals surface area (Å²) in [6, 6.07) is 14.4. The smallest absolute Gasteiger partial charge is 0.338 e. The summed E-state index contributed by atoms with van der Waals surface area (Å²) in [5.41, 5.74) is 2.88. The zero-order chi connectivity index (χ0) is 19.6. The molecule has 2 rings (SSSR count). The van der Waals surface area contributed by atoms with E-state index in [1.165, 1.54) is 6.21 Å². The number of carbonyl (C=O) groups excluding carboxylic acids is 1. The van der Waals surface area contributed by atoms with Gasteiger partial charge in [0.1, 0.15) is 0 Å². The van der Waals surface area contributed by atoms with E-state index >= 15 is 0 Å². The van der Waals surface area contributed by atoms with Crippen LogP contribution in [-0.4, -0.2) is 36.6 Å². The Bertz CT molecular complexity index is 748. The topological polar surface area (TPSA) is 55.6 Å². The highest BCUT2D eigenvalue weighted by Crippen LogP contribution is 2.16. The quantitative estimate of drug-likeness (QED) is 0.160. The number of carbonyl (C=O) groups is 1. The molecule has 0 heterocycles. The zero-order valence-corrected chi connectivity index (χ0v) is 16.4. The summed E-state index contributed by atoms with van der Waals surface area (Å²) in [6.45, 7) is 8.58. The van der Waals surface area contributed by atoms with E-state index in [0.29, 0.717) is 17.9 Å². The van der Waals surface area contributed by atoms with Crippen LogP contribution in [0.2, 0.25) is 0 Å². The number of unbranched alkanes of at least 4 members (excludes halogenated alkanes) is 1. The molecule has 144 valence electrons. The molecule has 2 aromatic rings. The first kappa shape index (κ1) is 20.5. The van der Waals surface area contributed by atoms with Gasteiger partial charge in [0.2, 0.25) is 5.69 Å². The molecule has 2 aromatic carbocycles. The number of hydrogen-bond donors (Lipinski definition) is 0. The minimum absolute atomic E-state index is 0.358. The van der Waals surface area contributed by atoms with E-state index in [1.54, 1.807) is 24.3 Å². The van der Waals surface area contributed by atoms with Crippen LogP contribution in [0.1, 0.15) is 49.5 Å². The van der Waals surface area contributed by atoms with Crippen LogP contribution in [0.15, 0.2) is 48.5 Å². The van der Waals surface area contributed by atoms with Crippen LogP contribution in [0, 0.1) is 5.21 Å². The number of rotatable bonds is 9. The number of anilines is 1. The second-order valence-corrected chi connectivity index (χ2v) is 6.26. The van der Waals surface area contributed by atoms with Crippen molar-refractivity contribution < 1.29 is 14.3 Å². The van der Waals surface area contributed by atoms with Crippen LogP contribution in [-0.2, 0) is 4.74 Å². The minimum Gasteiger partial charge on any atom is -0.618 e. The van der Waals surface area contributed by atoms with Crippen molar-refractivity contribution in [2.45, 2.75) is 33.6 Å². The van der Waals surface area contributed by atoms with E-state index in [2.05, 4.69) is 18.7 Å². The Morgan fingerprint density at radius 1 is 1.04 bits per heavy atom. The molecule has 0 saturated carbocycles. The Labute approximate surface area is 161 Å². The summed E-state index contributed by atoms with van der Waals surface area (Å²) >= 11 is 0. The summed E-state index contributed by atoms with van der Waals surface area (Å²) in [6.07, 6.45) is 3.35. The second kappa shape index (κ2) is 10.4. The summed E-state index contributed by atoms with van der Waals surface area (Å²) < 4.78 is 5.98. The van der Waals surface area contributed by atoms with Crippen LogP contribution in [0.4, 0.5) is 11.4 Å². The lowest BCUT2D eigenvalue weighted by atomic mass is 10.2. The molecule has 0 aliphatic carbocycles. The molecule has 0 amide bonds. The zero-order valence-electron chi connectivity index (χ0n) is 16.4. The first-order valence-corrected chi connectivity index (χ1v) is 9.52. The highest BCUT2D eigenvalue weighted by atomic mass is 16.5. The summed E-state index contributed by atoms with van der Waals surface area (Å²) in [5, 5.41) is 12.4. The fourth-order valence-electron chi connectivity index (χ4n) is 2.71. The predicted molar refractivity (Wildman–Crippen MR) is 110 cm³/mol. The Hall–Kier alpha value is -2.82. The highest BCUT2D eigenvalue weighted by molar-refractivity contribution is 5.89. The Morgan fingerprint density at radius 2 is 1.67 bits per heavy atom. The molecule has 5 heteroatoms. The molecule has 0 aromatic heterocycles. The van der Waals surface area contributed by atoms with Crippen molar-refractivity contribution in [2.75, 3.05) is 24.6 Å². The summed E-state index contributed by atoms with van der Waals surface area (Å²) in [4.78, 5) is 14.1.